The maximum absolute atomic E-state index is 5.74. The molecule has 0 bridgehead atoms. The molecule has 0 N–H and O–H groups in total. The summed E-state index contributed by atoms with van der Waals surface area (Å²) in [5.41, 5.74) is 0.587. The van der Waals surface area contributed by atoms with Gasteiger partial charge in [0.1, 0.15) is 6.33 Å². The van der Waals surface area contributed by atoms with Gasteiger partial charge in [0.2, 0.25) is 0 Å². The van der Waals surface area contributed by atoms with Crippen molar-refractivity contribution in [1.82, 2.24) is 19.8 Å². The van der Waals surface area contributed by atoms with Gasteiger partial charge in [0, 0.05) is 0 Å². The molecule has 0 aromatic carbocycles. The zero-order valence-electron chi connectivity index (χ0n) is 4.90. The second-order valence-corrected chi connectivity index (χ2v) is 2.16. The van der Waals surface area contributed by atoms with Crippen molar-refractivity contribution in [2.45, 2.75) is 0 Å². The summed E-state index contributed by atoms with van der Waals surface area (Å²) < 4.78 is 1.38. The molecule has 0 amide bonds. The van der Waals surface area contributed by atoms with Crippen molar-refractivity contribution < 1.29 is 0 Å². The van der Waals surface area contributed by atoms with Gasteiger partial charge < -0.3 is 0 Å². The maximum Gasteiger partial charge on any atom is 0.194 e. The first-order valence-corrected chi connectivity index (χ1v) is 3.06. The highest BCUT2D eigenvalue weighted by molar-refractivity contribution is 6.33. The van der Waals surface area contributed by atoms with E-state index in [9.17, 15) is 0 Å². The molecule has 10 heavy (non-hydrogen) atoms. The average Bonchev–Trinajstić information content (AvgIpc) is 2.36. The molecule has 0 radical (unpaired) electrons. The van der Waals surface area contributed by atoms with Gasteiger partial charge >= 0.3 is 0 Å². The van der Waals surface area contributed by atoms with Gasteiger partial charge in [0.05, 0.1) is 11.2 Å². The Kier molecular flexibility index (Phi) is 1.07. The van der Waals surface area contributed by atoms with E-state index in [1.54, 1.807) is 12.3 Å². The zero-order chi connectivity index (χ0) is 6.97. The highest BCUT2D eigenvalue weighted by Crippen LogP contribution is 2.10. The van der Waals surface area contributed by atoms with E-state index in [2.05, 4.69) is 15.2 Å². The van der Waals surface area contributed by atoms with Crippen molar-refractivity contribution in [2.75, 3.05) is 0 Å². The van der Waals surface area contributed by atoms with Gasteiger partial charge in [-0.2, -0.15) is 5.10 Å². The molecular weight excluding hydrogens is 152 g/mol. The number of fused-ring (bicyclic) bond motifs is 1. The Balaban J connectivity index is 2.95. The van der Waals surface area contributed by atoms with Crippen LogP contribution in [0.5, 0.6) is 0 Å². The second kappa shape index (κ2) is 1.91. The topological polar surface area (TPSA) is 43.1 Å². The molecule has 2 aromatic rings. The standard InChI is InChI=1S/C5H3ClN4/c6-4-1-2-8-10-5(4)7-3-9-10/h1-3H. The summed E-state index contributed by atoms with van der Waals surface area (Å²) >= 11 is 5.74. The molecule has 4 nitrogen and oxygen atoms in total. The lowest BCUT2D eigenvalue weighted by molar-refractivity contribution is 0.800. The first kappa shape index (κ1) is 5.61. The Hall–Kier alpha value is -1.16. The lowest BCUT2D eigenvalue weighted by Gasteiger charge is -1.88. The molecule has 0 fully saturated rings. The molecule has 0 spiro atoms. The zero-order valence-corrected chi connectivity index (χ0v) is 5.65. The van der Waals surface area contributed by atoms with Crippen molar-refractivity contribution in [3.05, 3.63) is 23.6 Å². The van der Waals surface area contributed by atoms with E-state index in [1.807, 2.05) is 0 Å². The van der Waals surface area contributed by atoms with Crippen LogP contribution < -0.4 is 0 Å². The number of rotatable bonds is 0. The summed E-state index contributed by atoms with van der Waals surface area (Å²) in [5, 5.41) is 8.21. The third kappa shape index (κ3) is 0.657. The lowest BCUT2D eigenvalue weighted by Crippen LogP contribution is -1.91. The van der Waals surface area contributed by atoms with Crippen LogP contribution in [0.2, 0.25) is 5.02 Å². The summed E-state index contributed by atoms with van der Waals surface area (Å²) in [4.78, 5) is 3.88. The predicted octanol–water partition coefficient (Wildman–Crippen LogP) is 0.778. The molecular formula is C5H3ClN4. The molecule has 0 aliphatic heterocycles. The Morgan fingerprint density at radius 2 is 2.30 bits per heavy atom. The first-order valence-electron chi connectivity index (χ1n) is 2.68. The van der Waals surface area contributed by atoms with Gasteiger partial charge in [-0.05, 0) is 6.07 Å². The summed E-state index contributed by atoms with van der Waals surface area (Å²) in [6, 6.07) is 1.67. The minimum Gasteiger partial charge on any atom is -0.212 e. The monoisotopic (exact) mass is 154 g/mol. The molecule has 0 saturated carbocycles. The fraction of sp³-hybridized carbons (Fsp3) is 0. The Morgan fingerprint density at radius 1 is 1.40 bits per heavy atom. The van der Waals surface area contributed by atoms with Gasteiger partial charge in [-0.25, -0.2) is 4.98 Å². The number of nitrogens with zero attached hydrogens (tertiary/aromatic N) is 4. The predicted molar refractivity (Wildman–Crippen MR) is 35.8 cm³/mol. The van der Waals surface area contributed by atoms with Crippen LogP contribution in [-0.4, -0.2) is 19.8 Å². The van der Waals surface area contributed by atoms with E-state index in [1.165, 1.54) is 11.0 Å². The SMILES string of the molecule is Clc1ccnn2ncnc12. The third-order valence-electron chi connectivity index (χ3n) is 1.14. The van der Waals surface area contributed by atoms with E-state index < -0.39 is 0 Å². The van der Waals surface area contributed by atoms with Crippen molar-refractivity contribution in [2.24, 2.45) is 0 Å². The molecule has 0 unspecified atom stereocenters. The van der Waals surface area contributed by atoms with Gasteiger partial charge in [-0.15, -0.1) is 9.73 Å². The minimum atomic E-state index is 0.563. The lowest BCUT2D eigenvalue weighted by atomic mass is 10.6. The minimum absolute atomic E-state index is 0.563. The molecule has 0 saturated heterocycles. The van der Waals surface area contributed by atoms with Crippen LogP contribution in [0.4, 0.5) is 0 Å². The maximum atomic E-state index is 5.74. The molecule has 0 aliphatic carbocycles. The second-order valence-electron chi connectivity index (χ2n) is 1.75. The fourth-order valence-electron chi connectivity index (χ4n) is 0.714. The van der Waals surface area contributed by atoms with Crippen LogP contribution in [0.1, 0.15) is 0 Å². The summed E-state index contributed by atoms with van der Waals surface area (Å²) in [5.74, 6) is 0. The van der Waals surface area contributed by atoms with E-state index in [0.717, 1.165) is 0 Å². The summed E-state index contributed by atoms with van der Waals surface area (Å²) in [6.45, 7) is 0. The molecule has 0 aliphatic rings. The van der Waals surface area contributed by atoms with Gasteiger partial charge in [0.25, 0.3) is 0 Å². The number of hydrogen-bond acceptors (Lipinski definition) is 3. The largest absolute Gasteiger partial charge is 0.212 e. The Bertz CT molecular complexity index is 355. The Labute approximate surface area is 61.4 Å². The van der Waals surface area contributed by atoms with Gasteiger partial charge in [-0.3, -0.25) is 0 Å². The highest BCUT2D eigenvalue weighted by atomic mass is 35.5. The van der Waals surface area contributed by atoms with E-state index in [0.29, 0.717) is 10.7 Å². The molecule has 2 rings (SSSR count). The van der Waals surface area contributed by atoms with E-state index in [4.69, 9.17) is 11.6 Å². The number of aromatic nitrogens is 4. The van der Waals surface area contributed by atoms with Crippen molar-refractivity contribution in [3.8, 4) is 0 Å². The number of hydrogen-bond donors (Lipinski definition) is 0. The van der Waals surface area contributed by atoms with E-state index in [-0.39, 0.29) is 0 Å². The van der Waals surface area contributed by atoms with Crippen LogP contribution in [0.15, 0.2) is 18.6 Å². The molecule has 0 atom stereocenters. The molecule has 5 heteroatoms. The van der Waals surface area contributed by atoms with Crippen molar-refractivity contribution in [1.29, 1.82) is 0 Å². The molecule has 50 valence electrons. The van der Waals surface area contributed by atoms with E-state index >= 15 is 0 Å². The first-order chi connectivity index (χ1) is 4.88. The quantitative estimate of drug-likeness (QED) is 0.563. The van der Waals surface area contributed by atoms with Crippen LogP contribution >= 0.6 is 11.6 Å². The highest BCUT2D eigenvalue weighted by Gasteiger charge is 1.98. The van der Waals surface area contributed by atoms with Crippen LogP contribution in [-0.2, 0) is 0 Å². The Morgan fingerprint density at radius 3 is 3.10 bits per heavy atom. The molecule has 2 heterocycles. The van der Waals surface area contributed by atoms with Gasteiger partial charge in [-0.1, -0.05) is 11.6 Å². The van der Waals surface area contributed by atoms with Gasteiger partial charge in [0.15, 0.2) is 5.65 Å². The number of halogens is 1. The third-order valence-corrected chi connectivity index (χ3v) is 1.44. The van der Waals surface area contributed by atoms with Crippen molar-refractivity contribution in [3.63, 3.8) is 0 Å². The average molecular weight is 155 g/mol. The summed E-state index contributed by atoms with van der Waals surface area (Å²) in [6.07, 6.45) is 2.98. The van der Waals surface area contributed by atoms with Crippen LogP contribution in [0, 0.1) is 0 Å². The van der Waals surface area contributed by atoms with Crippen molar-refractivity contribution >= 4 is 17.2 Å². The molecule has 2 aromatic heterocycles. The van der Waals surface area contributed by atoms with Crippen LogP contribution in [0.25, 0.3) is 5.65 Å². The summed E-state index contributed by atoms with van der Waals surface area (Å²) in [7, 11) is 0. The van der Waals surface area contributed by atoms with Crippen LogP contribution in [0.3, 0.4) is 0 Å². The normalized spacial score (nSPS) is 10.5. The fourth-order valence-corrected chi connectivity index (χ4v) is 0.895. The smallest absolute Gasteiger partial charge is 0.194 e.